The molecule has 204 valence electrons. The molecule has 0 spiro atoms. The molecule has 0 saturated carbocycles. The summed E-state index contributed by atoms with van der Waals surface area (Å²) in [6, 6.07) is 19.0. The number of nitrogens with one attached hydrogen (secondary N) is 1. The van der Waals surface area contributed by atoms with Gasteiger partial charge in [0.2, 0.25) is 5.36 Å². The minimum Gasteiger partial charge on any atom is -0.480 e. The lowest BCUT2D eigenvalue weighted by Crippen LogP contribution is -2.44. The van der Waals surface area contributed by atoms with Crippen LogP contribution >= 0.6 is 0 Å². The van der Waals surface area contributed by atoms with Crippen LogP contribution in [-0.4, -0.2) is 57.0 Å². The predicted octanol–water partition coefficient (Wildman–Crippen LogP) is 4.82. The number of amides is 1. The van der Waals surface area contributed by atoms with Crippen LogP contribution in [0.25, 0.3) is 33.4 Å². The number of carboxylic acid groups (broad SMARTS) is 1. The van der Waals surface area contributed by atoms with E-state index in [1.165, 1.54) is 0 Å². The lowest BCUT2D eigenvalue weighted by Gasteiger charge is -2.22. The highest BCUT2D eigenvalue weighted by atomic mass is 16.6. The largest absolute Gasteiger partial charge is 0.480 e. The standard InChI is InChI=1S/C31H35N3O5/c1-31(2,3)39-30(37)32-25(29(35)36)16-19-8-10-20(11-9-19)28-23-14-12-21(33(4)5)17-26(23)38-27-18-22(34(6)7)13-15-24(27)28/h8-15,17-18,25H,16H2,1-7H3,(H-,32,35,36,37)/p+1/t25-/m0/s1. The number of carbonyl (C=O) groups is 2. The smallest absolute Gasteiger partial charge is 0.408 e. The van der Waals surface area contributed by atoms with Gasteiger partial charge in [-0.2, -0.15) is 0 Å². The van der Waals surface area contributed by atoms with Gasteiger partial charge in [0, 0.05) is 54.8 Å². The van der Waals surface area contributed by atoms with E-state index in [1.807, 2.05) is 74.1 Å². The molecule has 0 saturated heterocycles. The molecule has 2 aromatic rings. The number of benzene rings is 3. The minimum absolute atomic E-state index is 0.124. The van der Waals surface area contributed by atoms with Crippen LogP contribution in [-0.2, 0) is 16.0 Å². The summed E-state index contributed by atoms with van der Waals surface area (Å²) in [5.41, 5.74) is 4.86. The second-order valence-corrected chi connectivity index (χ2v) is 11.1. The fourth-order valence-corrected chi connectivity index (χ4v) is 4.43. The number of alkyl carbamates (subject to hydrolysis) is 1. The molecule has 0 radical (unpaired) electrons. The first-order valence-electron chi connectivity index (χ1n) is 12.8. The van der Waals surface area contributed by atoms with Gasteiger partial charge in [0.15, 0.2) is 0 Å². The van der Waals surface area contributed by atoms with E-state index in [2.05, 4.69) is 29.6 Å². The van der Waals surface area contributed by atoms with Crippen molar-refractivity contribution in [3.05, 3.63) is 71.6 Å². The van der Waals surface area contributed by atoms with Crippen LogP contribution in [0.5, 0.6) is 0 Å². The average molecular weight is 531 g/mol. The molecule has 2 aliphatic rings. The van der Waals surface area contributed by atoms with Crippen molar-refractivity contribution in [1.82, 2.24) is 9.89 Å². The van der Waals surface area contributed by atoms with Gasteiger partial charge in [-0.1, -0.05) is 24.3 Å². The maximum absolute atomic E-state index is 12.2. The summed E-state index contributed by atoms with van der Waals surface area (Å²) in [6.45, 7) is 5.19. The highest BCUT2D eigenvalue weighted by Crippen LogP contribution is 2.40. The molecule has 1 atom stereocenters. The van der Waals surface area contributed by atoms with Crippen molar-refractivity contribution < 1.29 is 23.8 Å². The molecule has 1 aliphatic carbocycles. The molecule has 39 heavy (non-hydrogen) atoms. The van der Waals surface area contributed by atoms with Crippen molar-refractivity contribution in [2.24, 2.45) is 0 Å². The number of nitrogens with zero attached hydrogens (tertiary/aromatic N) is 2. The Morgan fingerprint density at radius 2 is 1.72 bits per heavy atom. The van der Waals surface area contributed by atoms with Crippen molar-refractivity contribution in [2.45, 2.75) is 38.8 Å². The molecular weight excluding hydrogens is 494 g/mol. The van der Waals surface area contributed by atoms with Crippen molar-refractivity contribution in [3.63, 3.8) is 0 Å². The molecule has 0 aromatic heterocycles. The second-order valence-electron chi connectivity index (χ2n) is 11.1. The lowest BCUT2D eigenvalue weighted by molar-refractivity contribution is -0.139. The van der Waals surface area contributed by atoms with Crippen molar-refractivity contribution in [3.8, 4) is 22.5 Å². The van der Waals surface area contributed by atoms with E-state index in [9.17, 15) is 14.7 Å². The summed E-state index contributed by atoms with van der Waals surface area (Å²) in [5.74, 6) is -0.351. The van der Waals surface area contributed by atoms with Crippen molar-refractivity contribution in [1.29, 1.82) is 0 Å². The molecule has 2 N–H and O–H groups in total. The molecule has 8 nitrogen and oxygen atoms in total. The third kappa shape index (κ3) is 6.39. The van der Waals surface area contributed by atoms with Gasteiger partial charge in [-0.15, -0.1) is 0 Å². The topological polar surface area (TPSA) is 95.0 Å². The van der Waals surface area contributed by atoms with E-state index in [1.54, 1.807) is 20.8 Å². The maximum atomic E-state index is 12.2. The third-order valence-corrected chi connectivity index (χ3v) is 6.39. The van der Waals surface area contributed by atoms with E-state index in [-0.39, 0.29) is 6.42 Å². The molecule has 2 aromatic carbocycles. The van der Waals surface area contributed by atoms with Gasteiger partial charge in [-0.05, 0) is 50.1 Å². The Labute approximate surface area is 228 Å². The Morgan fingerprint density at radius 3 is 2.31 bits per heavy atom. The van der Waals surface area contributed by atoms with Gasteiger partial charge < -0.3 is 24.5 Å². The molecule has 0 unspecified atom stereocenters. The first-order chi connectivity index (χ1) is 18.3. The monoisotopic (exact) mass is 530 g/mol. The highest BCUT2D eigenvalue weighted by molar-refractivity contribution is 6.02. The van der Waals surface area contributed by atoms with Crippen LogP contribution in [0.4, 0.5) is 10.5 Å². The molecule has 0 bridgehead atoms. The van der Waals surface area contributed by atoms with Crippen LogP contribution < -0.4 is 20.1 Å². The molecule has 1 aliphatic heterocycles. The third-order valence-electron chi connectivity index (χ3n) is 6.39. The normalized spacial score (nSPS) is 12.3. The fraction of sp³-hybridized carbons (Fsp3) is 0.323. The molecule has 1 amide bonds. The van der Waals surface area contributed by atoms with Gasteiger partial charge >= 0.3 is 12.1 Å². The van der Waals surface area contributed by atoms with Crippen LogP contribution in [0.1, 0.15) is 26.3 Å². The van der Waals surface area contributed by atoms with Crippen LogP contribution in [0.3, 0.4) is 0 Å². The number of rotatable bonds is 6. The predicted molar refractivity (Wildman–Crippen MR) is 154 cm³/mol. The van der Waals surface area contributed by atoms with Crippen LogP contribution in [0, 0.1) is 0 Å². The zero-order valence-corrected chi connectivity index (χ0v) is 23.5. The maximum Gasteiger partial charge on any atom is 0.408 e. The Morgan fingerprint density at radius 1 is 1.03 bits per heavy atom. The Hall–Kier alpha value is -4.33. The van der Waals surface area contributed by atoms with Gasteiger partial charge in [0.25, 0.3) is 0 Å². The number of ether oxygens (including phenoxy) is 1. The summed E-state index contributed by atoms with van der Waals surface area (Å²) in [4.78, 5) is 26.1. The minimum atomic E-state index is -1.13. The summed E-state index contributed by atoms with van der Waals surface area (Å²) >= 11 is 0. The highest BCUT2D eigenvalue weighted by Gasteiger charge is 2.25. The summed E-state index contributed by atoms with van der Waals surface area (Å²) in [5, 5.41) is 14.2. The quantitative estimate of drug-likeness (QED) is 0.274. The Bertz CT molecular complexity index is 1560. The molecule has 1 heterocycles. The van der Waals surface area contributed by atoms with Crippen molar-refractivity contribution in [2.75, 3.05) is 33.1 Å². The number of fused-ring (bicyclic) bond motifs is 2. The Balaban J connectivity index is 1.74. The van der Waals surface area contributed by atoms with Gasteiger partial charge in [0.1, 0.15) is 37.1 Å². The van der Waals surface area contributed by atoms with Crippen LogP contribution in [0.15, 0.2) is 65.1 Å². The summed E-state index contributed by atoms with van der Waals surface area (Å²) in [6.07, 6.45) is -0.634. The zero-order chi connectivity index (χ0) is 28.5. The SMILES string of the molecule is CN(C)c1ccc2c(-c3ccc(C[C@H](NC(=O)OC(C)(C)C)C(=O)O)cc3)c3ccc(=[N+](C)C)cc-3oc2c1. The number of anilines is 1. The number of aliphatic carboxylic acids is 1. The number of carboxylic acids is 1. The van der Waals surface area contributed by atoms with Gasteiger partial charge in [-0.25, -0.2) is 14.2 Å². The average Bonchev–Trinajstić information content (AvgIpc) is 2.85. The molecule has 0 fully saturated rings. The van der Waals surface area contributed by atoms with Gasteiger partial charge in [-0.3, -0.25) is 0 Å². The van der Waals surface area contributed by atoms with E-state index in [4.69, 9.17) is 9.15 Å². The first-order valence-corrected chi connectivity index (χ1v) is 12.8. The molecule has 8 heteroatoms. The second kappa shape index (κ2) is 10.8. The lowest BCUT2D eigenvalue weighted by atomic mass is 9.92. The molecule has 4 rings (SSSR count). The van der Waals surface area contributed by atoms with Gasteiger partial charge in [0.05, 0.1) is 6.07 Å². The fourth-order valence-electron chi connectivity index (χ4n) is 4.43. The van der Waals surface area contributed by atoms with E-state index in [0.29, 0.717) is 0 Å². The van der Waals surface area contributed by atoms with E-state index >= 15 is 0 Å². The first kappa shape index (κ1) is 27.7. The molecular formula is C31H36N3O5+. The van der Waals surface area contributed by atoms with Crippen LogP contribution in [0.2, 0.25) is 0 Å². The van der Waals surface area contributed by atoms with E-state index < -0.39 is 23.7 Å². The Kier molecular flexibility index (Phi) is 7.67. The summed E-state index contributed by atoms with van der Waals surface area (Å²) in [7, 11) is 7.98. The number of hydrogen-bond acceptors (Lipinski definition) is 5. The summed E-state index contributed by atoms with van der Waals surface area (Å²) < 4.78 is 13.7. The number of carbonyl (C=O) groups excluding carboxylic acids is 1. The number of hydrogen-bond donors (Lipinski definition) is 2. The zero-order valence-electron chi connectivity index (χ0n) is 23.5. The van der Waals surface area contributed by atoms with Crippen molar-refractivity contribution >= 4 is 28.7 Å². The van der Waals surface area contributed by atoms with E-state index in [0.717, 1.165) is 50.0 Å².